The van der Waals surface area contributed by atoms with E-state index in [2.05, 4.69) is 17.2 Å². The van der Waals surface area contributed by atoms with Crippen LogP contribution < -0.4 is 5.32 Å². The second-order valence-electron chi connectivity index (χ2n) is 6.57. The molecule has 0 amide bonds. The van der Waals surface area contributed by atoms with Crippen LogP contribution >= 0.6 is 0 Å². The fourth-order valence-corrected chi connectivity index (χ4v) is 3.12. The fourth-order valence-electron chi connectivity index (χ4n) is 3.12. The first kappa shape index (κ1) is 13.2. The predicted molar refractivity (Wildman–Crippen MR) is 76.3 cm³/mol. The lowest BCUT2D eigenvalue weighted by Gasteiger charge is -2.30. The molecule has 106 valence electrons. The highest BCUT2D eigenvalue weighted by Crippen LogP contribution is 2.39. The Bertz CT molecular complexity index is 403. The van der Waals surface area contributed by atoms with Gasteiger partial charge >= 0.3 is 0 Å². The van der Waals surface area contributed by atoms with Gasteiger partial charge < -0.3 is 9.73 Å². The molecule has 1 aromatic rings. The summed E-state index contributed by atoms with van der Waals surface area (Å²) in [6, 6.07) is 0.807. The van der Waals surface area contributed by atoms with Gasteiger partial charge in [-0.25, -0.2) is 4.98 Å². The van der Waals surface area contributed by atoms with Gasteiger partial charge in [-0.1, -0.05) is 26.2 Å². The van der Waals surface area contributed by atoms with Crippen LogP contribution in [0.4, 0.5) is 0 Å². The number of rotatable bonds is 6. The van der Waals surface area contributed by atoms with Crippen molar-refractivity contribution < 1.29 is 4.42 Å². The number of hydrogen-bond donors (Lipinski definition) is 1. The molecule has 0 aromatic carbocycles. The second kappa shape index (κ2) is 5.66. The molecule has 2 aliphatic rings. The van der Waals surface area contributed by atoms with Crippen molar-refractivity contribution in [3.8, 4) is 0 Å². The Balaban J connectivity index is 1.50. The van der Waals surface area contributed by atoms with Gasteiger partial charge in [-0.3, -0.25) is 0 Å². The monoisotopic (exact) mass is 262 g/mol. The topological polar surface area (TPSA) is 38.1 Å². The number of aryl methyl sites for hydroxylation is 1. The molecule has 3 nitrogen and oxygen atoms in total. The van der Waals surface area contributed by atoms with Gasteiger partial charge in [-0.05, 0) is 38.6 Å². The van der Waals surface area contributed by atoms with Crippen LogP contribution in [0.2, 0.25) is 0 Å². The third kappa shape index (κ3) is 3.38. The largest absolute Gasteiger partial charge is 0.445 e. The van der Waals surface area contributed by atoms with E-state index in [0.29, 0.717) is 0 Å². The summed E-state index contributed by atoms with van der Waals surface area (Å²) in [4.78, 5) is 4.47. The van der Waals surface area contributed by atoms with Crippen molar-refractivity contribution in [2.24, 2.45) is 0 Å². The molecule has 1 N–H and O–H groups in total. The minimum absolute atomic E-state index is 0.246. The zero-order valence-corrected chi connectivity index (χ0v) is 12.1. The lowest BCUT2D eigenvalue weighted by Crippen LogP contribution is -2.24. The first-order chi connectivity index (χ1) is 9.26. The highest BCUT2D eigenvalue weighted by atomic mass is 16.4. The maximum atomic E-state index is 6.01. The summed E-state index contributed by atoms with van der Waals surface area (Å²) in [7, 11) is 0. The lowest BCUT2D eigenvalue weighted by molar-refractivity contribution is 0.260. The standard InChI is InChI=1S/C16H26N2O/c1-16(9-3-2-4-10-16)14-12-18-15(19-14)6-5-11-17-13-7-8-13/h12-13,17H,2-11H2,1H3. The van der Waals surface area contributed by atoms with Crippen LogP contribution in [0.15, 0.2) is 10.6 Å². The summed E-state index contributed by atoms with van der Waals surface area (Å²) in [5.41, 5.74) is 0.246. The molecule has 0 spiro atoms. The van der Waals surface area contributed by atoms with Crippen molar-refractivity contribution in [2.75, 3.05) is 6.54 Å². The number of hydrogen-bond acceptors (Lipinski definition) is 3. The third-order valence-electron chi connectivity index (χ3n) is 4.68. The quantitative estimate of drug-likeness (QED) is 0.796. The van der Waals surface area contributed by atoms with Crippen LogP contribution in [0.25, 0.3) is 0 Å². The summed E-state index contributed by atoms with van der Waals surface area (Å²) >= 11 is 0. The number of oxazole rings is 1. The first-order valence-corrected chi connectivity index (χ1v) is 7.95. The summed E-state index contributed by atoms with van der Waals surface area (Å²) < 4.78 is 6.01. The maximum Gasteiger partial charge on any atom is 0.194 e. The van der Waals surface area contributed by atoms with E-state index in [9.17, 15) is 0 Å². The Hall–Kier alpha value is -0.830. The molecule has 1 aromatic heterocycles. The van der Waals surface area contributed by atoms with Gasteiger partial charge in [0.15, 0.2) is 5.89 Å². The van der Waals surface area contributed by atoms with E-state index in [1.54, 1.807) is 0 Å². The Kier molecular flexibility index (Phi) is 3.92. The zero-order chi connectivity index (χ0) is 13.1. The molecule has 3 heteroatoms. The van der Waals surface area contributed by atoms with Gasteiger partial charge in [-0.2, -0.15) is 0 Å². The van der Waals surface area contributed by atoms with Gasteiger partial charge in [0.25, 0.3) is 0 Å². The van der Waals surface area contributed by atoms with Gasteiger partial charge in [0.1, 0.15) is 5.76 Å². The number of nitrogens with zero attached hydrogens (tertiary/aromatic N) is 1. The minimum Gasteiger partial charge on any atom is -0.445 e. The zero-order valence-electron chi connectivity index (χ0n) is 12.1. The summed E-state index contributed by atoms with van der Waals surface area (Å²) in [5.74, 6) is 2.05. The molecule has 0 aliphatic heterocycles. The SMILES string of the molecule is CC1(c2cnc(CCCNC3CC3)o2)CCCCC1. The van der Waals surface area contributed by atoms with Crippen LogP contribution in [0.5, 0.6) is 0 Å². The van der Waals surface area contributed by atoms with Gasteiger partial charge in [0, 0.05) is 17.9 Å². The Morgan fingerprint density at radius 1 is 1.32 bits per heavy atom. The smallest absolute Gasteiger partial charge is 0.194 e. The Labute approximate surface area is 116 Å². The van der Waals surface area contributed by atoms with Crippen molar-refractivity contribution in [2.45, 2.75) is 76.2 Å². The van der Waals surface area contributed by atoms with Gasteiger partial charge in [0.2, 0.25) is 0 Å². The molecule has 3 rings (SSSR count). The van der Waals surface area contributed by atoms with Gasteiger partial charge in [0.05, 0.1) is 6.20 Å². The molecule has 0 radical (unpaired) electrons. The van der Waals surface area contributed by atoms with E-state index in [1.165, 1.54) is 44.9 Å². The maximum absolute atomic E-state index is 6.01. The minimum atomic E-state index is 0.246. The van der Waals surface area contributed by atoms with Crippen molar-refractivity contribution in [3.05, 3.63) is 17.8 Å². The van der Waals surface area contributed by atoms with Crippen LogP contribution in [0.3, 0.4) is 0 Å². The van der Waals surface area contributed by atoms with E-state index in [0.717, 1.165) is 37.1 Å². The molecular weight excluding hydrogens is 236 g/mol. The molecule has 0 saturated heterocycles. The molecule has 0 bridgehead atoms. The van der Waals surface area contributed by atoms with Crippen molar-refractivity contribution in [3.63, 3.8) is 0 Å². The normalized spacial score (nSPS) is 22.6. The highest BCUT2D eigenvalue weighted by molar-refractivity contribution is 5.11. The first-order valence-electron chi connectivity index (χ1n) is 7.95. The summed E-state index contributed by atoms with van der Waals surface area (Å²) in [6.45, 7) is 3.44. The average molecular weight is 262 g/mol. The van der Waals surface area contributed by atoms with Crippen molar-refractivity contribution in [1.29, 1.82) is 0 Å². The van der Waals surface area contributed by atoms with E-state index in [1.807, 2.05) is 6.20 Å². The van der Waals surface area contributed by atoms with E-state index in [4.69, 9.17) is 4.42 Å². The molecule has 1 heterocycles. The second-order valence-corrected chi connectivity index (χ2v) is 6.57. The number of nitrogens with one attached hydrogen (secondary N) is 1. The molecule has 2 saturated carbocycles. The third-order valence-corrected chi connectivity index (χ3v) is 4.68. The molecular formula is C16H26N2O. The van der Waals surface area contributed by atoms with Crippen LogP contribution in [0, 0.1) is 0 Å². The van der Waals surface area contributed by atoms with Crippen molar-refractivity contribution in [1.82, 2.24) is 10.3 Å². The molecule has 0 atom stereocenters. The van der Waals surface area contributed by atoms with Crippen molar-refractivity contribution >= 4 is 0 Å². The lowest BCUT2D eigenvalue weighted by atomic mass is 9.74. The van der Waals surface area contributed by atoms with E-state index < -0.39 is 0 Å². The van der Waals surface area contributed by atoms with E-state index >= 15 is 0 Å². The summed E-state index contributed by atoms with van der Waals surface area (Å²) in [6.07, 6.45) is 13.4. The van der Waals surface area contributed by atoms with Crippen LogP contribution in [-0.2, 0) is 11.8 Å². The Morgan fingerprint density at radius 3 is 2.84 bits per heavy atom. The molecule has 19 heavy (non-hydrogen) atoms. The van der Waals surface area contributed by atoms with Crippen LogP contribution in [-0.4, -0.2) is 17.6 Å². The Morgan fingerprint density at radius 2 is 2.11 bits per heavy atom. The molecule has 2 fully saturated rings. The molecule has 0 unspecified atom stereocenters. The van der Waals surface area contributed by atoms with Gasteiger partial charge in [-0.15, -0.1) is 0 Å². The number of aromatic nitrogens is 1. The highest BCUT2D eigenvalue weighted by Gasteiger charge is 2.32. The fraction of sp³-hybridized carbons (Fsp3) is 0.812. The average Bonchev–Trinajstić information content (AvgIpc) is 3.11. The molecule has 2 aliphatic carbocycles. The van der Waals surface area contributed by atoms with Crippen LogP contribution in [0.1, 0.15) is 69.9 Å². The summed E-state index contributed by atoms with van der Waals surface area (Å²) in [5, 5.41) is 3.54. The predicted octanol–water partition coefficient (Wildman–Crippen LogP) is 3.58. The van der Waals surface area contributed by atoms with E-state index in [-0.39, 0.29) is 5.41 Å².